The van der Waals surface area contributed by atoms with Gasteiger partial charge in [0, 0.05) is 39.2 Å². The molecule has 6 nitrogen and oxygen atoms in total. The summed E-state index contributed by atoms with van der Waals surface area (Å²) in [6.07, 6.45) is 4.09. The van der Waals surface area contributed by atoms with Gasteiger partial charge in [-0.2, -0.15) is 0 Å². The minimum atomic E-state index is -0.774. The number of nitrogens with zero attached hydrogens (tertiary/aromatic N) is 2. The summed E-state index contributed by atoms with van der Waals surface area (Å²) in [7, 11) is 0. The van der Waals surface area contributed by atoms with Crippen molar-refractivity contribution in [2.24, 2.45) is 5.92 Å². The van der Waals surface area contributed by atoms with Crippen LogP contribution in [0.4, 0.5) is 4.79 Å². The van der Waals surface area contributed by atoms with Crippen molar-refractivity contribution < 1.29 is 19.4 Å². The molecule has 21 heavy (non-hydrogen) atoms. The van der Waals surface area contributed by atoms with Gasteiger partial charge in [-0.3, -0.25) is 4.79 Å². The monoisotopic (exact) mass is 298 g/mol. The molecule has 0 aromatic heterocycles. The smallest absolute Gasteiger partial charge is 0.320 e. The highest BCUT2D eigenvalue weighted by Crippen LogP contribution is 2.22. The van der Waals surface area contributed by atoms with Gasteiger partial charge in [-0.15, -0.1) is 0 Å². The molecule has 0 spiro atoms. The van der Waals surface area contributed by atoms with Crippen LogP contribution in [0.3, 0.4) is 0 Å². The molecule has 0 aliphatic carbocycles. The number of rotatable bonds is 4. The van der Waals surface area contributed by atoms with Crippen molar-refractivity contribution in [3.63, 3.8) is 0 Å². The molecular weight excluding hydrogens is 272 g/mol. The first-order valence-corrected chi connectivity index (χ1v) is 7.97. The normalized spacial score (nSPS) is 26.7. The number of carboxylic acid groups (broad SMARTS) is 1. The summed E-state index contributed by atoms with van der Waals surface area (Å²) in [5.41, 5.74) is 0. The summed E-state index contributed by atoms with van der Waals surface area (Å²) >= 11 is 0. The molecule has 0 aromatic carbocycles. The number of hydrogen-bond acceptors (Lipinski definition) is 3. The van der Waals surface area contributed by atoms with Crippen molar-refractivity contribution in [3.8, 4) is 0 Å². The van der Waals surface area contributed by atoms with Gasteiger partial charge in [-0.05, 0) is 38.5 Å². The first kappa shape index (κ1) is 16.1. The van der Waals surface area contributed by atoms with Crippen molar-refractivity contribution in [2.75, 3.05) is 32.8 Å². The van der Waals surface area contributed by atoms with Gasteiger partial charge < -0.3 is 19.6 Å². The largest absolute Gasteiger partial charge is 0.481 e. The lowest BCUT2D eigenvalue weighted by molar-refractivity contribution is -0.138. The number of carbonyl (C=O) groups is 2. The van der Waals surface area contributed by atoms with E-state index in [0.29, 0.717) is 19.7 Å². The van der Waals surface area contributed by atoms with Gasteiger partial charge in [0.1, 0.15) is 0 Å². The Morgan fingerprint density at radius 2 is 1.81 bits per heavy atom. The molecule has 2 heterocycles. The van der Waals surface area contributed by atoms with Crippen LogP contribution < -0.4 is 0 Å². The Balaban J connectivity index is 1.88. The van der Waals surface area contributed by atoms with Gasteiger partial charge in [0.15, 0.2) is 0 Å². The lowest BCUT2D eigenvalue weighted by Gasteiger charge is -2.39. The Bertz CT molecular complexity index is 373. The standard InChI is InChI=1S/C15H26N2O4/c1-2-21-13-6-4-8-17(11-13)15(20)16-7-3-5-12(10-16)9-14(18)19/h12-13H,2-11H2,1H3,(H,18,19). The van der Waals surface area contributed by atoms with Crippen molar-refractivity contribution >= 4 is 12.0 Å². The molecule has 2 amide bonds. The van der Waals surface area contributed by atoms with Crippen LogP contribution in [0.15, 0.2) is 0 Å². The van der Waals surface area contributed by atoms with E-state index in [1.54, 1.807) is 0 Å². The van der Waals surface area contributed by atoms with Crippen molar-refractivity contribution in [2.45, 2.75) is 45.1 Å². The van der Waals surface area contributed by atoms with Crippen LogP contribution in [0.1, 0.15) is 39.0 Å². The first-order valence-electron chi connectivity index (χ1n) is 7.97. The van der Waals surface area contributed by atoms with E-state index in [-0.39, 0.29) is 24.5 Å². The van der Waals surface area contributed by atoms with Crippen molar-refractivity contribution in [1.29, 1.82) is 0 Å². The summed E-state index contributed by atoms with van der Waals surface area (Å²) in [5, 5.41) is 8.90. The fourth-order valence-corrected chi connectivity index (χ4v) is 3.34. The summed E-state index contributed by atoms with van der Waals surface area (Å²) < 4.78 is 5.63. The zero-order valence-electron chi connectivity index (χ0n) is 12.8. The Morgan fingerprint density at radius 1 is 1.14 bits per heavy atom. The van der Waals surface area contributed by atoms with E-state index >= 15 is 0 Å². The van der Waals surface area contributed by atoms with E-state index in [1.165, 1.54) is 0 Å². The Morgan fingerprint density at radius 3 is 2.48 bits per heavy atom. The molecule has 2 rings (SSSR count). The summed E-state index contributed by atoms with van der Waals surface area (Å²) in [5.74, 6) is -0.684. The molecule has 6 heteroatoms. The van der Waals surface area contributed by atoms with Gasteiger partial charge in [0.05, 0.1) is 6.10 Å². The number of carboxylic acids is 1. The number of amides is 2. The molecule has 2 aliphatic heterocycles. The zero-order valence-corrected chi connectivity index (χ0v) is 12.8. The Labute approximate surface area is 126 Å². The molecule has 2 aliphatic rings. The number of hydrogen-bond donors (Lipinski definition) is 1. The molecule has 2 fully saturated rings. The lowest BCUT2D eigenvalue weighted by Crippen LogP contribution is -2.52. The average molecular weight is 298 g/mol. The van der Waals surface area contributed by atoms with Crippen LogP contribution in [-0.2, 0) is 9.53 Å². The minimum Gasteiger partial charge on any atom is -0.481 e. The fraction of sp³-hybridized carbons (Fsp3) is 0.867. The number of carbonyl (C=O) groups excluding carboxylic acids is 1. The lowest BCUT2D eigenvalue weighted by atomic mass is 9.95. The molecule has 2 saturated heterocycles. The third kappa shape index (κ3) is 4.59. The molecule has 0 bridgehead atoms. The maximum absolute atomic E-state index is 12.6. The quantitative estimate of drug-likeness (QED) is 0.859. The molecule has 2 unspecified atom stereocenters. The topological polar surface area (TPSA) is 70.1 Å². The molecular formula is C15H26N2O4. The SMILES string of the molecule is CCOC1CCCN(C(=O)N2CCCC(CC(=O)O)C2)C1. The maximum Gasteiger partial charge on any atom is 0.320 e. The Hall–Kier alpha value is -1.30. The van der Waals surface area contributed by atoms with E-state index in [2.05, 4.69) is 0 Å². The predicted octanol–water partition coefficient (Wildman–Crippen LogP) is 1.79. The Kier molecular flexibility index (Phi) is 5.85. The molecule has 0 saturated carbocycles. The third-order valence-electron chi connectivity index (χ3n) is 4.30. The number of ether oxygens (including phenoxy) is 1. The molecule has 0 radical (unpaired) electrons. The van der Waals surface area contributed by atoms with E-state index in [9.17, 15) is 9.59 Å². The van der Waals surface area contributed by atoms with Crippen LogP contribution in [-0.4, -0.2) is 65.8 Å². The first-order chi connectivity index (χ1) is 10.1. The highest BCUT2D eigenvalue weighted by Gasteiger charge is 2.31. The second kappa shape index (κ2) is 7.64. The van der Waals surface area contributed by atoms with Gasteiger partial charge in [-0.25, -0.2) is 4.79 Å². The maximum atomic E-state index is 12.6. The fourth-order valence-electron chi connectivity index (χ4n) is 3.34. The van der Waals surface area contributed by atoms with Gasteiger partial charge in [0.25, 0.3) is 0 Å². The summed E-state index contributed by atoms with van der Waals surface area (Å²) in [6.45, 7) is 5.40. The molecule has 1 N–H and O–H groups in total. The minimum absolute atomic E-state index is 0.0505. The molecule has 120 valence electrons. The van der Waals surface area contributed by atoms with E-state index in [4.69, 9.17) is 9.84 Å². The second-order valence-corrected chi connectivity index (χ2v) is 6.00. The average Bonchev–Trinajstić information content (AvgIpc) is 2.47. The van der Waals surface area contributed by atoms with Crippen LogP contribution in [0.2, 0.25) is 0 Å². The van der Waals surface area contributed by atoms with E-state index in [1.807, 2.05) is 16.7 Å². The molecule has 0 aromatic rings. The van der Waals surface area contributed by atoms with Crippen LogP contribution in [0, 0.1) is 5.92 Å². The van der Waals surface area contributed by atoms with E-state index < -0.39 is 5.97 Å². The van der Waals surface area contributed by atoms with Gasteiger partial charge in [0.2, 0.25) is 0 Å². The van der Waals surface area contributed by atoms with Gasteiger partial charge in [-0.1, -0.05) is 0 Å². The summed E-state index contributed by atoms with van der Waals surface area (Å²) in [6, 6.07) is 0.0505. The van der Waals surface area contributed by atoms with Gasteiger partial charge >= 0.3 is 12.0 Å². The number of aliphatic carboxylic acids is 1. The highest BCUT2D eigenvalue weighted by molar-refractivity contribution is 5.75. The highest BCUT2D eigenvalue weighted by atomic mass is 16.5. The van der Waals surface area contributed by atoms with Crippen LogP contribution in [0.5, 0.6) is 0 Å². The van der Waals surface area contributed by atoms with E-state index in [0.717, 1.165) is 38.8 Å². The molecule has 2 atom stereocenters. The number of urea groups is 1. The van der Waals surface area contributed by atoms with Crippen LogP contribution >= 0.6 is 0 Å². The van der Waals surface area contributed by atoms with Crippen LogP contribution in [0.25, 0.3) is 0 Å². The predicted molar refractivity (Wildman–Crippen MR) is 78.2 cm³/mol. The zero-order chi connectivity index (χ0) is 15.2. The van der Waals surface area contributed by atoms with Crippen molar-refractivity contribution in [1.82, 2.24) is 9.80 Å². The summed E-state index contributed by atoms with van der Waals surface area (Å²) in [4.78, 5) is 27.1. The van der Waals surface area contributed by atoms with Crippen molar-refractivity contribution in [3.05, 3.63) is 0 Å². The second-order valence-electron chi connectivity index (χ2n) is 6.00. The number of piperidine rings is 2. The third-order valence-corrected chi connectivity index (χ3v) is 4.30. The number of likely N-dealkylation sites (tertiary alicyclic amines) is 2.